The lowest BCUT2D eigenvalue weighted by molar-refractivity contribution is 0.213. The maximum atomic E-state index is 5.62. The molecule has 0 bridgehead atoms. The fourth-order valence-electron chi connectivity index (χ4n) is 1.64. The molecule has 0 fully saturated rings. The summed E-state index contributed by atoms with van der Waals surface area (Å²) in [5, 5.41) is 3.40. The molecule has 1 aromatic rings. The number of anilines is 1. The lowest BCUT2D eigenvalue weighted by Gasteiger charge is -2.14. The quantitative estimate of drug-likeness (QED) is 0.542. The van der Waals surface area contributed by atoms with Crippen LogP contribution in [0.2, 0.25) is 6.04 Å². The SMILES string of the molecule is CCO[SiH](CCCNc1ccccc1)OCC. The van der Waals surface area contributed by atoms with Gasteiger partial charge >= 0.3 is 9.28 Å². The molecule has 1 rings (SSSR count). The maximum Gasteiger partial charge on any atom is 0.321 e. The van der Waals surface area contributed by atoms with Crippen LogP contribution in [0.25, 0.3) is 0 Å². The van der Waals surface area contributed by atoms with E-state index in [-0.39, 0.29) is 0 Å². The second kappa shape index (κ2) is 9.21. The summed E-state index contributed by atoms with van der Waals surface area (Å²) in [6, 6.07) is 11.3. The number of hydrogen-bond donors (Lipinski definition) is 1. The van der Waals surface area contributed by atoms with Gasteiger partial charge < -0.3 is 14.2 Å². The van der Waals surface area contributed by atoms with Crippen molar-refractivity contribution in [3.63, 3.8) is 0 Å². The highest BCUT2D eigenvalue weighted by atomic mass is 28.3. The summed E-state index contributed by atoms with van der Waals surface area (Å²) in [6.45, 7) is 6.57. The molecule has 0 atom stereocenters. The van der Waals surface area contributed by atoms with Gasteiger partial charge in [0, 0.05) is 25.4 Å². The summed E-state index contributed by atoms with van der Waals surface area (Å²) in [6.07, 6.45) is 1.10. The molecule has 0 aliphatic rings. The zero-order chi connectivity index (χ0) is 12.3. The van der Waals surface area contributed by atoms with E-state index in [0.29, 0.717) is 0 Å². The van der Waals surface area contributed by atoms with E-state index in [1.165, 1.54) is 5.69 Å². The van der Waals surface area contributed by atoms with E-state index in [9.17, 15) is 0 Å². The molecule has 4 heteroatoms. The molecule has 0 spiro atoms. The Hall–Kier alpha value is -0.843. The highest BCUT2D eigenvalue weighted by molar-refractivity contribution is 6.44. The van der Waals surface area contributed by atoms with Gasteiger partial charge in [-0.05, 0) is 38.4 Å². The zero-order valence-electron chi connectivity index (χ0n) is 10.8. The van der Waals surface area contributed by atoms with E-state index in [1.807, 2.05) is 32.0 Å². The van der Waals surface area contributed by atoms with Crippen LogP contribution in [0.5, 0.6) is 0 Å². The van der Waals surface area contributed by atoms with E-state index in [4.69, 9.17) is 8.85 Å². The predicted octanol–water partition coefficient (Wildman–Crippen LogP) is 2.78. The van der Waals surface area contributed by atoms with Gasteiger partial charge in [-0.2, -0.15) is 0 Å². The Morgan fingerprint density at radius 2 is 1.71 bits per heavy atom. The van der Waals surface area contributed by atoms with Crippen LogP contribution in [0, 0.1) is 0 Å². The molecule has 0 unspecified atom stereocenters. The molecule has 0 saturated carbocycles. The molecule has 0 radical (unpaired) electrons. The second-order valence-corrected chi connectivity index (χ2v) is 5.88. The van der Waals surface area contributed by atoms with Crippen LogP contribution < -0.4 is 5.32 Å². The van der Waals surface area contributed by atoms with E-state index < -0.39 is 9.28 Å². The first-order chi connectivity index (χ1) is 8.36. The fraction of sp³-hybridized carbons (Fsp3) is 0.538. The predicted molar refractivity (Wildman–Crippen MR) is 74.8 cm³/mol. The van der Waals surface area contributed by atoms with E-state index >= 15 is 0 Å². The van der Waals surface area contributed by atoms with Crippen molar-refractivity contribution in [2.75, 3.05) is 25.1 Å². The highest BCUT2D eigenvalue weighted by Crippen LogP contribution is 2.07. The third-order valence-electron chi connectivity index (χ3n) is 2.42. The molecule has 0 aromatic heterocycles. The Kier molecular flexibility index (Phi) is 7.71. The molecule has 96 valence electrons. The van der Waals surface area contributed by atoms with Crippen molar-refractivity contribution in [2.45, 2.75) is 26.3 Å². The molecule has 3 nitrogen and oxygen atoms in total. The van der Waals surface area contributed by atoms with Gasteiger partial charge in [0.15, 0.2) is 0 Å². The van der Waals surface area contributed by atoms with Crippen LogP contribution in [0.4, 0.5) is 5.69 Å². The second-order valence-electron chi connectivity index (χ2n) is 3.78. The van der Waals surface area contributed by atoms with Crippen molar-refractivity contribution in [2.24, 2.45) is 0 Å². The minimum absolute atomic E-state index is 0.767. The lowest BCUT2D eigenvalue weighted by atomic mass is 10.3. The number of rotatable bonds is 9. The van der Waals surface area contributed by atoms with Crippen LogP contribution in [-0.2, 0) is 8.85 Å². The largest absolute Gasteiger partial charge is 0.397 e. The lowest BCUT2D eigenvalue weighted by Crippen LogP contribution is -2.23. The van der Waals surface area contributed by atoms with Gasteiger partial charge in [0.1, 0.15) is 0 Å². The van der Waals surface area contributed by atoms with Crippen LogP contribution in [0.3, 0.4) is 0 Å². The summed E-state index contributed by atoms with van der Waals surface area (Å²) >= 11 is 0. The molecular formula is C13H23NO2Si. The van der Waals surface area contributed by atoms with Crippen LogP contribution in [-0.4, -0.2) is 29.0 Å². The number of para-hydroxylation sites is 1. The fourth-order valence-corrected chi connectivity index (χ4v) is 3.35. The number of nitrogens with one attached hydrogen (secondary N) is 1. The molecule has 0 aliphatic carbocycles. The minimum Gasteiger partial charge on any atom is -0.397 e. The zero-order valence-corrected chi connectivity index (χ0v) is 12.0. The summed E-state index contributed by atoms with van der Waals surface area (Å²) in [7, 11) is -1.40. The molecule has 1 N–H and O–H groups in total. The molecule has 0 saturated heterocycles. The van der Waals surface area contributed by atoms with Gasteiger partial charge in [-0.1, -0.05) is 18.2 Å². The Morgan fingerprint density at radius 3 is 2.29 bits per heavy atom. The molecule has 0 amide bonds. The third-order valence-corrected chi connectivity index (χ3v) is 4.71. The van der Waals surface area contributed by atoms with Gasteiger partial charge in [0.2, 0.25) is 0 Å². The van der Waals surface area contributed by atoms with Crippen molar-refractivity contribution >= 4 is 15.0 Å². The monoisotopic (exact) mass is 253 g/mol. The Balaban J connectivity index is 2.13. The van der Waals surface area contributed by atoms with E-state index in [2.05, 4.69) is 17.4 Å². The van der Waals surface area contributed by atoms with Gasteiger partial charge in [0.25, 0.3) is 0 Å². The molecular weight excluding hydrogens is 230 g/mol. The number of hydrogen-bond acceptors (Lipinski definition) is 3. The van der Waals surface area contributed by atoms with Gasteiger partial charge in [-0.25, -0.2) is 0 Å². The van der Waals surface area contributed by atoms with Crippen molar-refractivity contribution in [3.8, 4) is 0 Å². The van der Waals surface area contributed by atoms with Crippen LogP contribution >= 0.6 is 0 Å². The van der Waals surface area contributed by atoms with Gasteiger partial charge in [0.05, 0.1) is 0 Å². The highest BCUT2D eigenvalue weighted by Gasteiger charge is 2.10. The van der Waals surface area contributed by atoms with Crippen LogP contribution in [0.15, 0.2) is 30.3 Å². The summed E-state index contributed by atoms with van der Waals surface area (Å²) in [5.74, 6) is 0. The smallest absolute Gasteiger partial charge is 0.321 e. The third kappa shape index (κ3) is 6.46. The van der Waals surface area contributed by atoms with Crippen molar-refractivity contribution in [1.29, 1.82) is 0 Å². The van der Waals surface area contributed by atoms with Crippen LogP contribution in [0.1, 0.15) is 20.3 Å². The first-order valence-electron chi connectivity index (χ1n) is 6.39. The van der Waals surface area contributed by atoms with Gasteiger partial charge in [-0.3, -0.25) is 0 Å². The topological polar surface area (TPSA) is 30.5 Å². The summed E-state index contributed by atoms with van der Waals surface area (Å²) < 4.78 is 11.2. The standard InChI is InChI=1S/C13H23NO2Si/c1-3-15-17(16-4-2)12-8-11-14-13-9-6-5-7-10-13/h5-7,9-10,14,17H,3-4,8,11-12H2,1-2H3. The first kappa shape index (κ1) is 14.2. The molecule has 1 aromatic carbocycles. The minimum atomic E-state index is -1.40. The average Bonchev–Trinajstić information content (AvgIpc) is 2.36. The molecule has 0 aliphatic heterocycles. The normalized spacial score (nSPS) is 10.8. The maximum absolute atomic E-state index is 5.62. The number of benzene rings is 1. The van der Waals surface area contributed by atoms with Crippen molar-refractivity contribution in [1.82, 2.24) is 0 Å². The van der Waals surface area contributed by atoms with Crippen molar-refractivity contribution < 1.29 is 8.85 Å². The Bertz CT molecular complexity index is 276. The van der Waals surface area contributed by atoms with E-state index in [1.54, 1.807) is 0 Å². The Labute approximate surface area is 106 Å². The summed E-state index contributed by atoms with van der Waals surface area (Å²) in [5.41, 5.74) is 1.18. The average molecular weight is 253 g/mol. The van der Waals surface area contributed by atoms with Gasteiger partial charge in [-0.15, -0.1) is 0 Å². The Morgan fingerprint density at radius 1 is 1.06 bits per heavy atom. The molecule has 17 heavy (non-hydrogen) atoms. The van der Waals surface area contributed by atoms with Crippen molar-refractivity contribution in [3.05, 3.63) is 30.3 Å². The first-order valence-corrected chi connectivity index (χ1v) is 8.14. The van der Waals surface area contributed by atoms with E-state index in [0.717, 1.165) is 32.2 Å². The molecule has 0 heterocycles. The summed E-state index contributed by atoms with van der Waals surface area (Å²) in [4.78, 5) is 0.